The van der Waals surface area contributed by atoms with Crippen LogP contribution in [0.4, 0.5) is 5.82 Å². The van der Waals surface area contributed by atoms with Gasteiger partial charge >= 0.3 is 0 Å². The number of piperidine rings is 1. The lowest BCUT2D eigenvalue weighted by Gasteiger charge is -2.59. The molecule has 0 radical (unpaired) electrons. The zero-order valence-corrected chi connectivity index (χ0v) is 21.3. The molecule has 2 aliphatic carbocycles. The maximum atomic E-state index is 13.2. The number of aromatic nitrogens is 1. The van der Waals surface area contributed by atoms with Crippen LogP contribution < -0.4 is 14.8 Å². The number of phenols is 1. The fourth-order valence-corrected chi connectivity index (χ4v) is 6.74. The first-order valence-corrected chi connectivity index (χ1v) is 12.9. The molecule has 4 aliphatic rings. The highest BCUT2D eigenvalue weighted by Gasteiger charge is 2.69. The Morgan fingerprint density at radius 1 is 1.32 bits per heavy atom. The van der Waals surface area contributed by atoms with Crippen molar-refractivity contribution in [3.05, 3.63) is 52.9 Å². The highest BCUT2D eigenvalue weighted by atomic mass is 16.5. The summed E-state index contributed by atoms with van der Waals surface area (Å²) in [4.78, 5) is 19.7. The van der Waals surface area contributed by atoms with Gasteiger partial charge in [-0.1, -0.05) is 6.07 Å². The molecule has 196 valence electrons. The van der Waals surface area contributed by atoms with E-state index in [9.17, 15) is 20.1 Å². The van der Waals surface area contributed by atoms with E-state index in [1.54, 1.807) is 18.2 Å². The second-order valence-electron chi connectivity index (χ2n) is 11.0. The molecular weight excluding hydrogens is 474 g/mol. The summed E-state index contributed by atoms with van der Waals surface area (Å²) in [5.74, 6) is 0.695. The molecule has 1 saturated heterocycles. The maximum absolute atomic E-state index is 13.2. The van der Waals surface area contributed by atoms with Crippen molar-refractivity contribution in [3.8, 4) is 17.2 Å². The standard InChI is InChI=1S/C28H33N3O6/c1-15(26(34)30-25-19(36-3)5-4-11-29-25)22(33)24-28-10-12-31(14-16-6-7-16)20(27(28,2)35)13-17-8-9-18(32)23(37-24)21(17)28/h4-5,8-9,11,16,20,24,32-33,35H,6-7,10,12-14H2,1-3H3,(H,29,30,34)/b22-15-/t20-,24+,27-,28+/m1/s1. The quantitative estimate of drug-likeness (QED) is 0.347. The Balaban J connectivity index is 1.41. The van der Waals surface area contributed by atoms with Gasteiger partial charge in [-0.2, -0.15) is 0 Å². The van der Waals surface area contributed by atoms with Gasteiger partial charge in [0.15, 0.2) is 29.2 Å². The summed E-state index contributed by atoms with van der Waals surface area (Å²) in [6.07, 6.45) is 4.08. The molecule has 4 N–H and O–H groups in total. The van der Waals surface area contributed by atoms with Crippen LogP contribution in [0.25, 0.3) is 0 Å². The van der Waals surface area contributed by atoms with Gasteiger partial charge in [-0.05, 0) is 75.8 Å². The molecule has 37 heavy (non-hydrogen) atoms. The van der Waals surface area contributed by atoms with Gasteiger partial charge in [0.2, 0.25) is 0 Å². The van der Waals surface area contributed by atoms with Crippen LogP contribution in [0.15, 0.2) is 41.8 Å². The molecule has 1 saturated carbocycles. The highest BCUT2D eigenvalue weighted by molar-refractivity contribution is 6.04. The number of hydrogen-bond acceptors (Lipinski definition) is 8. The van der Waals surface area contributed by atoms with Gasteiger partial charge in [-0.25, -0.2) is 4.98 Å². The third kappa shape index (κ3) is 3.44. The fourth-order valence-electron chi connectivity index (χ4n) is 6.74. The predicted molar refractivity (Wildman–Crippen MR) is 136 cm³/mol. The summed E-state index contributed by atoms with van der Waals surface area (Å²) in [6.45, 7) is 5.00. The number of pyridine rings is 1. The predicted octanol–water partition coefficient (Wildman–Crippen LogP) is 3.06. The number of carbonyl (C=O) groups is 1. The molecule has 9 heteroatoms. The number of phenolic OH excluding ortho intramolecular Hbond substituents is 1. The van der Waals surface area contributed by atoms with Gasteiger partial charge in [-0.3, -0.25) is 9.69 Å². The zero-order valence-electron chi connectivity index (χ0n) is 21.3. The van der Waals surface area contributed by atoms with Crippen LogP contribution in [0, 0.1) is 5.92 Å². The first-order valence-electron chi connectivity index (χ1n) is 12.9. The Bertz CT molecular complexity index is 1300. The van der Waals surface area contributed by atoms with E-state index in [1.807, 2.05) is 13.0 Å². The smallest absolute Gasteiger partial charge is 0.256 e. The maximum Gasteiger partial charge on any atom is 0.256 e. The summed E-state index contributed by atoms with van der Waals surface area (Å²) in [5.41, 5.74) is -0.505. The third-order valence-electron chi connectivity index (χ3n) is 8.94. The van der Waals surface area contributed by atoms with E-state index < -0.39 is 23.0 Å². The number of likely N-dealkylation sites (tertiary alicyclic amines) is 1. The van der Waals surface area contributed by atoms with Crippen molar-refractivity contribution in [2.24, 2.45) is 5.92 Å². The molecule has 1 aromatic carbocycles. The molecule has 2 aromatic rings. The van der Waals surface area contributed by atoms with Gasteiger partial charge in [0.05, 0.1) is 23.7 Å². The van der Waals surface area contributed by atoms with E-state index in [-0.39, 0.29) is 34.7 Å². The number of fused-ring (bicyclic) bond motifs is 1. The molecule has 1 spiro atoms. The van der Waals surface area contributed by atoms with Crippen LogP contribution >= 0.6 is 0 Å². The van der Waals surface area contributed by atoms with E-state index >= 15 is 0 Å². The van der Waals surface area contributed by atoms with E-state index in [2.05, 4.69) is 15.2 Å². The average molecular weight is 508 g/mol. The fraction of sp³-hybridized carbons (Fsp3) is 0.500. The molecule has 2 bridgehead atoms. The van der Waals surface area contributed by atoms with Crippen molar-refractivity contribution in [3.63, 3.8) is 0 Å². The Hall–Kier alpha value is -3.30. The number of nitrogens with one attached hydrogen (secondary N) is 1. The number of aromatic hydroxyl groups is 1. The average Bonchev–Trinajstić information content (AvgIpc) is 3.62. The van der Waals surface area contributed by atoms with Crippen LogP contribution in [0.1, 0.15) is 44.2 Å². The van der Waals surface area contributed by atoms with E-state index in [0.29, 0.717) is 24.5 Å². The number of methoxy groups -OCH3 is 1. The summed E-state index contributed by atoms with van der Waals surface area (Å²) in [5, 5.41) is 37.2. The second-order valence-corrected chi connectivity index (χ2v) is 11.0. The number of hydrogen-bond donors (Lipinski definition) is 4. The Morgan fingerprint density at radius 3 is 2.84 bits per heavy atom. The summed E-state index contributed by atoms with van der Waals surface area (Å²) in [6, 6.07) is 6.70. The number of nitrogens with zero attached hydrogens (tertiary/aromatic N) is 2. The molecule has 9 nitrogen and oxygen atoms in total. The van der Waals surface area contributed by atoms with Gasteiger partial charge in [0, 0.05) is 24.3 Å². The van der Waals surface area contributed by atoms with E-state index in [0.717, 1.165) is 24.2 Å². The molecule has 6 rings (SSSR count). The van der Waals surface area contributed by atoms with Gasteiger partial charge < -0.3 is 30.1 Å². The van der Waals surface area contributed by atoms with Crippen molar-refractivity contribution >= 4 is 11.7 Å². The first kappa shape index (κ1) is 24.1. The minimum absolute atomic E-state index is 0.0385. The number of ether oxygens (including phenoxy) is 2. The van der Waals surface area contributed by atoms with Gasteiger partial charge in [0.25, 0.3) is 5.91 Å². The number of amides is 1. The van der Waals surface area contributed by atoms with Crippen molar-refractivity contribution in [2.45, 2.75) is 62.7 Å². The van der Waals surface area contributed by atoms with Crippen LogP contribution in [0.2, 0.25) is 0 Å². The number of aliphatic hydroxyl groups is 2. The van der Waals surface area contributed by atoms with E-state index in [4.69, 9.17) is 9.47 Å². The SMILES string of the molecule is COc1cccnc1NC(=O)/C(C)=C(\O)[C@@H]1Oc2c(O)ccc3c2[C@@]12CCN(CC1CC1)[C@H](C3)[C@@]2(C)O. The first-order chi connectivity index (χ1) is 17.7. The summed E-state index contributed by atoms with van der Waals surface area (Å²) < 4.78 is 11.5. The third-order valence-corrected chi connectivity index (χ3v) is 8.94. The molecule has 4 atom stereocenters. The van der Waals surface area contributed by atoms with Crippen LogP contribution in [0.3, 0.4) is 0 Å². The largest absolute Gasteiger partial charge is 0.508 e. The normalized spacial score (nSPS) is 30.7. The van der Waals surface area contributed by atoms with Crippen LogP contribution in [-0.4, -0.2) is 69.1 Å². The number of rotatable bonds is 6. The second kappa shape index (κ2) is 8.36. The van der Waals surface area contributed by atoms with Crippen molar-refractivity contribution in [2.75, 3.05) is 25.5 Å². The van der Waals surface area contributed by atoms with E-state index in [1.165, 1.54) is 33.1 Å². The lowest BCUT2D eigenvalue weighted by Crippen LogP contribution is -2.73. The number of anilines is 1. The Kier molecular flexibility index (Phi) is 5.44. The lowest BCUT2D eigenvalue weighted by atomic mass is 9.53. The van der Waals surface area contributed by atoms with Crippen molar-refractivity contribution in [1.82, 2.24) is 9.88 Å². The van der Waals surface area contributed by atoms with Crippen LogP contribution in [-0.2, 0) is 16.6 Å². The molecule has 1 amide bonds. The monoisotopic (exact) mass is 507 g/mol. The number of carbonyl (C=O) groups excluding carboxylic acids is 1. The Labute approximate surface area is 215 Å². The summed E-state index contributed by atoms with van der Waals surface area (Å²) >= 11 is 0. The summed E-state index contributed by atoms with van der Waals surface area (Å²) in [7, 11) is 1.48. The topological polar surface area (TPSA) is 124 Å². The Morgan fingerprint density at radius 2 is 2.11 bits per heavy atom. The molecule has 0 unspecified atom stereocenters. The lowest BCUT2D eigenvalue weighted by molar-refractivity contribution is -0.153. The number of aliphatic hydroxyl groups excluding tert-OH is 1. The van der Waals surface area contributed by atoms with Crippen LogP contribution in [0.5, 0.6) is 17.2 Å². The zero-order chi connectivity index (χ0) is 26.1. The minimum Gasteiger partial charge on any atom is -0.508 e. The van der Waals surface area contributed by atoms with Gasteiger partial charge in [-0.15, -0.1) is 0 Å². The molecule has 2 fully saturated rings. The molecule has 1 aromatic heterocycles. The minimum atomic E-state index is -1.27. The highest BCUT2D eigenvalue weighted by Crippen LogP contribution is 2.63. The van der Waals surface area contributed by atoms with Crippen molar-refractivity contribution < 1.29 is 29.6 Å². The molecule has 3 heterocycles. The van der Waals surface area contributed by atoms with Crippen molar-refractivity contribution in [1.29, 1.82) is 0 Å². The molecular formula is C28H33N3O6. The van der Waals surface area contributed by atoms with Gasteiger partial charge in [0.1, 0.15) is 5.76 Å². The molecule has 2 aliphatic heterocycles. The number of benzene rings is 1.